The van der Waals surface area contributed by atoms with Crippen molar-refractivity contribution in [2.24, 2.45) is 5.18 Å². The molecule has 0 spiro atoms. The zero-order valence-corrected chi connectivity index (χ0v) is 7.50. The lowest BCUT2D eigenvalue weighted by molar-refractivity contribution is 0.0962. The topological polar surface area (TPSA) is 58.5 Å². The van der Waals surface area contributed by atoms with Crippen molar-refractivity contribution in [2.45, 2.75) is 6.92 Å². The number of benzene rings is 1. The Morgan fingerprint density at radius 2 is 2.15 bits per heavy atom. The highest BCUT2D eigenvalue weighted by Crippen LogP contribution is 2.17. The van der Waals surface area contributed by atoms with Gasteiger partial charge in [-0.1, -0.05) is 6.07 Å². The van der Waals surface area contributed by atoms with E-state index < -0.39 is 0 Å². The van der Waals surface area contributed by atoms with Crippen LogP contribution in [-0.2, 0) is 0 Å². The van der Waals surface area contributed by atoms with Crippen LogP contribution in [0, 0.1) is 11.8 Å². The summed E-state index contributed by atoms with van der Waals surface area (Å²) in [4.78, 5) is 21.4. The number of nitrogens with zero attached hydrogens (tertiary/aromatic N) is 1. The van der Waals surface area contributed by atoms with Crippen molar-refractivity contribution >= 4 is 11.6 Å². The molecule has 0 heterocycles. The fourth-order valence-corrected chi connectivity index (χ4v) is 1.05. The summed E-state index contributed by atoms with van der Waals surface area (Å²) >= 11 is 0. The van der Waals surface area contributed by atoms with E-state index in [1.165, 1.54) is 6.07 Å². The van der Waals surface area contributed by atoms with Crippen molar-refractivity contribution in [1.29, 1.82) is 0 Å². The molecule has 0 aliphatic heterocycles. The van der Waals surface area contributed by atoms with Crippen molar-refractivity contribution < 1.29 is 4.79 Å². The molecule has 1 N–H and O–H groups in total. The molecule has 0 aliphatic rings. The summed E-state index contributed by atoms with van der Waals surface area (Å²) in [5.74, 6) is -0.206. The standard InChI is InChI=1S/C9H10N2O2/c1-6-3-4-7(11-13)5-8(6)9(12)10-2/h3-5H,1-2H3,(H,10,12). The van der Waals surface area contributed by atoms with Gasteiger partial charge in [0, 0.05) is 12.6 Å². The van der Waals surface area contributed by atoms with Crippen LogP contribution in [0.3, 0.4) is 0 Å². The van der Waals surface area contributed by atoms with E-state index in [2.05, 4.69) is 10.5 Å². The van der Waals surface area contributed by atoms with Gasteiger partial charge in [0.1, 0.15) is 5.69 Å². The number of aryl methyl sites for hydroxylation is 1. The predicted molar refractivity (Wildman–Crippen MR) is 50.0 cm³/mol. The van der Waals surface area contributed by atoms with Crippen LogP contribution in [-0.4, -0.2) is 13.0 Å². The fraction of sp³-hybridized carbons (Fsp3) is 0.222. The maximum atomic E-state index is 11.2. The zero-order chi connectivity index (χ0) is 9.84. The summed E-state index contributed by atoms with van der Waals surface area (Å²) < 4.78 is 0. The highest BCUT2D eigenvalue weighted by atomic mass is 16.3. The van der Waals surface area contributed by atoms with E-state index in [1.54, 1.807) is 26.1 Å². The molecular formula is C9H10N2O2. The Morgan fingerprint density at radius 1 is 1.46 bits per heavy atom. The lowest BCUT2D eigenvalue weighted by Crippen LogP contribution is -2.18. The van der Waals surface area contributed by atoms with Gasteiger partial charge in [-0.25, -0.2) is 0 Å². The third-order valence-corrected chi connectivity index (χ3v) is 1.80. The van der Waals surface area contributed by atoms with Crippen molar-refractivity contribution in [3.8, 4) is 0 Å². The fourth-order valence-electron chi connectivity index (χ4n) is 1.05. The van der Waals surface area contributed by atoms with Crippen LogP contribution in [0.15, 0.2) is 23.4 Å². The van der Waals surface area contributed by atoms with E-state index in [0.717, 1.165) is 5.56 Å². The van der Waals surface area contributed by atoms with Gasteiger partial charge in [-0.05, 0) is 29.8 Å². The average molecular weight is 178 g/mol. The molecule has 0 aromatic heterocycles. The summed E-state index contributed by atoms with van der Waals surface area (Å²) in [7, 11) is 1.54. The van der Waals surface area contributed by atoms with Crippen LogP contribution < -0.4 is 5.32 Å². The van der Waals surface area contributed by atoms with Crippen LogP contribution in [0.1, 0.15) is 15.9 Å². The highest BCUT2D eigenvalue weighted by Gasteiger charge is 2.07. The van der Waals surface area contributed by atoms with Crippen molar-refractivity contribution in [3.05, 3.63) is 34.2 Å². The Bertz CT molecular complexity index is 347. The van der Waals surface area contributed by atoms with E-state index in [0.29, 0.717) is 5.56 Å². The minimum Gasteiger partial charge on any atom is -0.355 e. The minimum absolute atomic E-state index is 0.206. The molecule has 0 atom stereocenters. The van der Waals surface area contributed by atoms with Gasteiger partial charge < -0.3 is 5.32 Å². The summed E-state index contributed by atoms with van der Waals surface area (Å²) in [5, 5.41) is 5.25. The summed E-state index contributed by atoms with van der Waals surface area (Å²) in [5.41, 5.74) is 1.58. The highest BCUT2D eigenvalue weighted by molar-refractivity contribution is 5.96. The zero-order valence-electron chi connectivity index (χ0n) is 7.50. The van der Waals surface area contributed by atoms with Gasteiger partial charge in [0.05, 0.1) is 0 Å². The Kier molecular flexibility index (Phi) is 2.74. The summed E-state index contributed by atoms with van der Waals surface area (Å²) in [6.07, 6.45) is 0. The molecule has 4 heteroatoms. The Morgan fingerprint density at radius 3 is 2.69 bits per heavy atom. The number of hydrogen-bond acceptors (Lipinski definition) is 3. The van der Waals surface area contributed by atoms with Gasteiger partial charge in [-0.2, -0.15) is 0 Å². The van der Waals surface area contributed by atoms with Crippen molar-refractivity contribution in [3.63, 3.8) is 0 Å². The number of amides is 1. The molecule has 0 unspecified atom stereocenters. The van der Waals surface area contributed by atoms with Crippen LogP contribution >= 0.6 is 0 Å². The molecule has 1 amide bonds. The first kappa shape index (κ1) is 9.38. The maximum absolute atomic E-state index is 11.2. The van der Waals surface area contributed by atoms with Gasteiger partial charge in [0.2, 0.25) is 0 Å². The first-order valence-corrected chi connectivity index (χ1v) is 3.85. The lowest BCUT2D eigenvalue weighted by atomic mass is 10.1. The third-order valence-electron chi connectivity index (χ3n) is 1.80. The van der Waals surface area contributed by atoms with Crippen LogP contribution in [0.5, 0.6) is 0 Å². The molecular weight excluding hydrogens is 168 g/mol. The molecule has 0 saturated heterocycles. The first-order valence-electron chi connectivity index (χ1n) is 3.85. The van der Waals surface area contributed by atoms with Gasteiger partial charge in [-0.15, -0.1) is 4.91 Å². The molecule has 0 aliphatic carbocycles. The molecule has 0 saturated carbocycles. The van der Waals surface area contributed by atoms with Gasteiger partial charge >= 0.3 is 0 Å². The Hall–Kier alpha value is -1.71. The van der Waals surface area contributed by atoms with Gasteiger partial charge in [0.25, 0.3) is 5.91 Å². The second-order valence-electron chi connectivity index (χ2n) is 2.67. The van der Waals surface area contributed by atoms with E-state index in [-0.39, 0.29) is 11.6 Å². The predicted octanol–water partition coefficient (Wildman–Crippen LogP) is 1.75. The minimum atomic E-state index is -0.206. The monoisotopic (exact) mass is 178 g/mol. The number of carbonyl (C=O) groups is 1. The number of nitrogens with one attached hydrogen (secondary N) is 1. The van der Waals surface area contributed by atoms with E-state index in [4.69, 9.17) is 0 Å². The van der Waals surface area contributed by atoms with Crippen molar-refractivity contribution in [2.75, 3.05) is 7.05 Å². The number of rotatable bonds is 2. The molecule has 4 nitrogen and oxygen atoms in total. The lowest BCUT2D eigenvalue weighted by Gasteiger charge is -2.03. The number of hydrogen-bond donors (Lipinski definition) is 1. The van der Waals surface area contributed by atoms with E-state index in [9.17, 15) is 9.70 Å². The Labute approximate surface area is 75.9 Å². The molecule has 1 aromatic carbocycles. The molecule has 68 valence electrons. The smallest absolute Gasteiger partial charge is 0.251 e. The summed E-state index contributed by atoms with van der Waals surface area (Å²) in [6, 6.07) is 4.75. The second-order valence-corrected chi connectivity index (χ2v) is 2.67. The molecule has 0 radical (unpaired) electrons. The first-order chi connectivity index (χ1) is 6.19. The normalized spacial score (nSPS) is 9.38. The largest absolute Gasteiger partial charge is 0.355 e. The second kappa shape index (κ2) is 3.80. The van der Waals surface area contributed by atoms with Gasteiger partial charge in [0.15, 0.2) is 0 Å². The quantitative estimate of drug-likeness (QED) is 0.701. The van der Waals surface area contributed by atoms with Crippen LogP contribution in [0.2, 0.25) is 0 Å². The molecule has 1 rings (SSSR count). The summed E-state index contributed by atoms with van der Waals surface area (Å²) in [6.45, 7) is 1.80. The molecule has 0 bridgehead atoms. The van der Waals surface area contributed by atoms with Crippen LogP contribution in [0.25, 0.3) is 0 Å². The number of nitroso groups, excluding NO2 is 1. The van der Waals surface area contributed by atoms with Gasteiger partial charge in [-0.3, -0.25) is 4.79 Å². The van der Waals surface area contributed by atoms with Crippen molar-refractivity contribution in [1.82, 2.24) is 5.32 Å². The van der Waals surface area contributed by atoms with E-state index in [1.807, 2.05) is 0 Å². The molecule has 13 heavy (non-hydrogen) atoms. The molecule has 1 aromatic rings. The van der Waals surface area contributed by atoms with Crippen LogP contribution in [0.4, 0.5) is 5.69 Å². The third kappa shape index (κ3) is 1.90. The molecule has 0 fully saturated rings. The van der Waals surface area contributed by atoms with E-state index >= 15 is 0 Å². The SMILES string of the molecule is CNC(=O)c1cc(N=O)ccc1C. The average Bonchev–Trinajstić information content (AvgIpc) is 2.17. The maximum Gasteiger partial charge on any atom is 0.251 e. The Balaban J connectivity index is 3.18. The number of carbonyl (C=O) groups excluding carboxylic acids is 1.